The van der Waals surface area contributed by atoms with Crippen LogP contribution in [-0.4, -0.2) is 50.9 Å². The Morgan fingerprint density at radius 3 is 3.11 bits per heavy atom. The van der Waals surface area contributed by atoms with E-state index in [1.54, 1.807) is 6.20 Å². The normalized spacial score (nSPS) is 25.2. The molecule has 0 saturated carbocycles. The fraction of sp³-hybridized carbons (Fsp3) is 0.667. The van der Waals surface area contributed by atoms with E-state index >= 15 is 0 Å². The molecule has 1 aromatic heterocycles. The first kappa shape index (κ1) is 13.4. The fourth-order valence-corrected chi connectivity index (χ4v) is 3.08. The van der Waals surface area contributed by atoms with E-state index in [2.05, 4.69) is 28.4 Å². The molecule has 1 fully saturated rings. The van der Waals surface area contributed by atoms with Gasteiger partial charge in [-0.1, -0.05) is 11.8 Å². The third-order valence-corrected chi connectivity index (χ3v) is 4.50. The van der Waals surface area contributed by atoms with Gasteiger partial charge in [-0.2, -0.15) is 0 Å². The number of imidazole rings is 1. The van der Waals surface area contributed by atoms with Crippen LogP contribution in [0.25, 0.3) is 0 Å². The van der Waals surface area contributed by atoms with Gasteiger partial charge in [-0.25, -0.2) is 4.98 Å². The summed E-state index contributed by atoms with van der Waals surface area (Å²) >= 11 is 1.30. The van der Waals surface area contributed by atoms with Crippen molar-refractivity contribution in [3.05, 3.63) is 12.4 Å². The maximum atomic E-state index is 10.6. The SMILES string of the molecule is CC1CC(n2ccnc2SCC(=O)O)CCN1C. The van der Waals surface area contributed by atoms with Gasteiger partial charge in [0.05, 0.1) is 5.75 Å². The van der Waals surface area contributed by atoms with Crippen LogP contribution in [0.4, 0.5) is 0 Å². The number of aliphatic carboxylic acids is 1. The lowest BCUT2D eigenvalue weighted by molar-refractivity contribution is -0.133. The predicted molar refractivity (Wildman–Crippen MR) is 70.9 cm³/mol. The van der Waals surface area contributed by atoms with Gasteiger partial charge in [-0.05, 0) is 26.8 Å². The Kier molecular flexibility index (Phi) is 4.29. The largest absolute Gasteiger partial charge is 0.481 e. The lowest BCUT2D eigenvalue weighted by Crippen LogP contribution is -2.38. The summed E-state index contributed by atoms with van der Waals surface area (Å²) in [7, 11) is 2.15. The third-order valence-electron chi connectivity index (χ3n) is 3.53. The molecule has 0 aromatic carbocycles. The molecule has 1 aromatic rings. The number of piperidine rings is 1. The van der Waals surface area contributed by atoms with Crippen molar-refractivity contribution in [2.24, 2.45) is 0 Å². The second-order valence-electron chi connectivity index (χ2n) is 4.81. The summed E-state index contributed by atoms with van der Waals surface area (Å²) in [5.74, 6) is -0.731. The minimum Gasteiger partial charge on any atom is -0.481 e. The van der Waals surface area contributed by atoms with Gasteiger partial charge in [-0.15, -0.1) is 0 Å². The number of carboxylic acid groups (broad SMARTS) is 1. The molecule has 1 saturated heterocycles. The number of thioether (sulfide) groups is 1. The number of aromatic nitrogens is 2. The zero-order chi connectivity index (χ0) is 13.1. The predicted octanol–water partition coefficient (Wildman–Crippen LogP) is 1.71. The molecule has 0 bridgehead atoms. The number of rotatable bonds is 4. The van der Waals surface area contributed by atoms with Crippen molar-refractivity contribution in [1.29, 1.82) is 0 Å². The molecule has 0 aliphatic carbocycles. The molecule has 18 heavy (non-hydrogen) atoms. The second kappa shape index (κ2) is 5.75. The van der Waals surface area contributed by atoms with Crippen LogP contribution in [-0.2, 0) is 4.79 Å². The van der Waals surface area contributed by atoms with Gasteiger partial charge in [0, 0.05) is 31.0 Å². The highest BCUT2D eigenvalue weighted by molar-refractivity contribution is 7.99. The van der Waals surface area contributed by atoms with E-state index in [1.807, 2.05) is 6.20 Å². The van der Waals surface area contributed by atoms with Crippen LogP contribution in [0.5, 0.6) is 0 Å². The number of carboxylic acids is 1. The van der Waals surface area contributed by atoms with Crippen LogP contribution in [0.2, 0.25) is 0 Å². The molecule has 0 radical (unpaired) electrons. The van der Waals surface area contributed by atoms with Crippen LogP contribution in [0.1, 0.15) is 25.8 Å². The summed E-state index contributed by atoms with van der Waals surface area (Å²) in [6.07, 6.45) is 5.91. The Bertz CT molecular complexity index is 421. The smallest absolute Gasteiger partial charge is 0.313 e. The number of hydrogen-bond acceptors (Lipinski definition) is 4. The summed E-state index contributed by atoms with van der Waals surface area (Å²) in [6.45, 7) is 3.31. The molecule has 0 spiro atoms. The topological polar surface area (TPSA) is 58.4 Å². The van der Waals surface area contributed by atoms with Gasteiger partial charge >= 0.3 is 5.97 Å². The summed E-state index contributed by atoms with van der Waals surface area (Å²) < 4.78 is 2.14. The van der Waals surface area contributed by atoms with Crippen LogP contribution < -0.4 is 0 Å². The summed E-state index contributed by atoms with van der Waals surface area (Å²) in [6, 6.07) is 0.999. The zero-order valence-corrected chi connectivity index (χ0v) is 11.6. The molecule has 2 atom stereocenters. The molecule has 100 valence electrons. The van der Waals surface area contributed by atoms with Crippen molar-refractivity contribution in [3.63, 3.8) is 0 Å². The van der Waals surface area contributed by atoms with E-state index < -0.39 is 5.97 Å². The van der Waals surface area contributed by atoms with E-state index in [0.29, 0.717) is 12.1 Å². The van der Waals surface area contributed by atoms with E-state index in [1.165, 1.54) is 11.8 Å². The molecule has 1 aliphatic heterocycles. The first-order valence-electron chi connectivity index (χ1n) is 6.15. The highest BCUT2D eigenvalue weighted by Crippen LogP contribution is 2.29. The number of hydrogen-bond donors (Lipinski definition) is 1. The van der Waals surface area contributed by atoms with Crippen molar-refractivity contribution in [3.8, 4) is 0 Å². The Labute approximate surface area is 111 Å². The highest BCUT2D eigenvalue weighted by Gasteiger charge is 2.25. The second-order valence-corrected chi connectivity index (χ2v) is 5.75. The summed E-state index contributed by atoms with van der Waals surface area (Å²) in [5, 5.41) is 9.54. The number of nitrogens with zero attached hydrogens (tertiary/aromatic N) is 3. The molecule has 1 N–H and O–H groups in total. The first-order valence-corrected chi connectivity index (χ1v) is 7.14. The lowest BCUT2D eigenvalue weighted by Gasteiger charge is -2.36. The Morgan fingerprint density at radius 2 is 2.44 bits per heavy atom. The average Bonchev–Trinajstić information content (AvgIpc) is 2.78. The Balaban J connectivity index is 2.04. The minimum atomic E-state index is -0.800. The average molecular weight is 269 g/mol. The van der Waals surface area contributed by atoms with E-state index in [4.69, 9.17) is 5.11 Å². The van der Waals surface area contributed by atoms with Crippen molar-refractivity contribution < 1.29 is 9.90 Å². The van der Waals surface area contributed by atoms with Gasteiger partial charge < -0.3 is 14.6 Å². The van der Waals surface area contributed by atoms with Gasteiger partial charge in [0.15, 0.2) is 5.16 Å². The van der Waals surface area contributed by atoms with Gasteiger partial charge in [0.1, 0.15) is 0 Å². The zero-order valence-electron chi connectivity index (χ0n) is 10.7. The number of likely N-dealkylation sites (tertiary alicyclic amines) is 1. The molecule has 0 amide bonds. The van der Waals surface area contributed by atoms with Crippen LogP contribution in [0.15, 0.2) is 17.6 Å². The van der Waals surface area contributed by atoms with Crippen molar-refractivity contribution in [1.82, 2.24) is 14.5 Å². The molecule has 6 heteroatoms. The summed E-state index contributed by atoms with van der Waals surface area (Å²) in [4.78, 5) is 17.2. The molecule has 2 rings (SSSR count). The van der Waals surface area contributed by atoms with E-state index in [0.717, 1.165) is 24.5 Å². The molecular weight excluding hydrogens is 250 g/mol. The molecule has 2 heterocycles. The Morgan fingerprint density at radius 1 is 1.67 bits per heavy atom. The fourth-order valence-electron chi connectivity index (χ4n) is 2.33. The van der Waals surface area contributed by atoms with Crippen LogP contribution in [0, 0.1) is 0 Å². The quantitative estimate of drug-likeness (QED) is 0.843. The molecule has 1 aliphatic rings. The Hall–Kier alpha value is -1.01. The number of carbonyl (C=O) groups is 1. The standard InChI is InChI=1S/C12H19N3O2S/c1-9-7-10(3-5-14(9)2)15-6-4-13-12(15)18-8-11(16)17/h4,6,9-10H,3,5,7-8H2,1-2H3,(H,16,17). The molecule has 2 unspecified atom stereocenters. The van der Waals surface area contributed by atoms with Crippen molar-refractivity contribution in [2.45, 2.75) is 37.0 Å². The van der Waals surface area contributed by atoms with E-state index in [9.17, 15) is 4.79 Å². The van der Waals surface area contributed by atoms with Crippen molar-refractivity contribution >= 4 is 17.7 Å². The minimum absolute atomic E-state index is 0.0686. The third kappa shape index (κ3) is 3.05. The maximum absolute atomic E-state index is 10.6. The van der Waals surface area contributed by atoms with Crippen molar-refractivity contribution in [2.75, 3.05) is 19.3 Å². The highest BCUT2D eigenvalue weighted by atomic mass is 32.2. The van der Waals surface area contributed by atoms with E-state index in [-0.39, 0.29) is 5.75 Å². The molecular formula is C12H19N3O2S. The summed E-state index contributed by atoms with van der Waals surface area (Å²) in [5.41, 5.74) is 0. The van der Waals surface area contributed by atoms with Gasteiger partial charge in [0.25, 0.3) is 0 Å². The maximum Gasteiger partial charge on any atom is 0.313 e. The molecule has 5 nitrogen and oxygen atoms in total. The first-order chi connectivity index (χ1) is 8.58. The van der Waals surface area contributed by atoms with Gasteiger partial charge in [0.2, 0.25) is 0 Å². The van der Waals surface area contributed by atoms with Crippen LogP contribution in [0.3, 0.4) is 0 Å². The lowest BCUT2D eigenvalue weighted by atomic mass is 9.99. The van der Waals surface area contributed by atoms with Gasteiger partial charge in [-0.3, -0.25) is 4.79 Å². The van der Waals surface area contributed by atoms with Crippen LogP contribution >= 0.6 is 11.8 Å². The monoisotopic (exact) mass is 269 g/mol.